The summed E-state index contributed by atoms with van der Waals surface area (Å²) >= 11 is 17.9. The third kappa shape index (κ3) is 9.81. The SMILES string of the molecule is CC(C)(C)OC(=O)N(C(=O)OC(C)(C)C)c1c(F)ccc(NC(=O)c2cc(NC(=O)CC(Cl)(Cl)C(F)(c3ccccc3)C(F)(F)F)ccc2Cl)c1F. The Bertz CT molecular complexity index is 1820. The minimum Gasteiger partial charge on any atom is -0.443 e. The topological polar surface area (TPSA) is 114 Å². The highest BCUT2D eigenvalue weighted by molar-refractivity contribution is 6.50. The van der Waals surface area contributed by atoms with Crippen LogP contribution in [0.15, 0.2) is 60.7 Å². The molecule has 0 radical (unpaired) electrons. The Balaban J connectivity index is 1.93. The lowest BCUT2D eigenvalue weighted by atomic mass is 9.89. The monoisotopic (exact) mass is 797 g/mol. The molecule has 3 aromatic rings. The third-order valence-electron chi connectivity index (χ3n) is 6.63. The minimum absolute atomic E-state index is 0.0174. The van der Waals surface area contributed by atoms with Crippen LogP contribution in [-0.4, -0.2) is 45.7 Å². The zero-order chi connectivity index (χ0) is 39.6. The van der Waals surface area contributed by atoms with Crippen molar-refractivity contribution in [2.45, 2.75) is 75.3 Å². The van der Waals surface area contributed by atoms with Crippen LogP contribution in [-0.2, 0) is 19.9 Å². The van der Waals surface area contributed by atoms with Gasteiger partial charge < -0.3 is 20.1 Å². The van der Waals surface area contributed by atoms with Crippen LogP contribution >= 0.6 is 34.8 Å². The number of halogens is 9. The highest BCUT2D eigenvalue weighted by Crippen LogP contribution is 2.56. The number of hydrogen-bond acceptors (Lipinski definition) is 6. The van der Waals surface area contributed by atoms with Crippen molar-refractivity contribution < 1.29 is 55.0 Å². The number of nitrogens with zero attached hydrogens (tertiary/aromatic N) is 1. The molecule has 3 aromatic carbocycles. The van der Waals surface area contributed by atoms with Gasteiger partial charge in [0.15, 0.2) is 16.0 Å². The number of rotatable bonds is 8. The van der Waals surface area contributed by atoms with E-state index >= 15 is 13.2 Å². The van der Waals surface area contributed by atoms with Gasteiger partial charge in [0, 0.05) is 11.3 Å². The Hall–Kier alpha value is -4.21. The van der Waals surface area contributed by atoms with Crippen LogP contribution in [0.3, 0.4) is 0 Å². The van der Waals surface area contributed by atoms with E-state index in [1.54, 1.807) is 0 Å². The van der Waals surface area contributed by atoms with E-state index in [0.717, 1.165) is 48.5 Å². The van der Waals surface area contributed by atoms with Crippen LogP contribution in [0.25, 0.3) is 0 Å². The molecule has 0 saturated heterocycles. The van der Waals surface area contributed by atoms with Crippen molar-refractivity contribution in [1.29, 1.82) is 0 Å². The van der Waals surface area contributed by atoms with Crippen molar-refractivity contribution in [2.24, 2.45) is 0 Å². The lowest BCUT2D eigenvalue weighted by Crippen LogP contribution is -2.52. The van der Waals surface area contributed by atoms with Gasteiger partial charge in [0.2, 0.25) is 5.91 Å². The lowest BCUT2D eigenvalue weighted by Gasteiger charge is -2.37. The Kier molecular flexibility index (Phi) is 12.5. The molecule has 0 fully saturated rings. The molecule has 18 heteroatoms. The molecular weight excluding hydrogens is 767 g/mol. The summed E-state index contributed by atoms with van der Waals surface area (Å²) in [6.07, 6.45) is -10.1. The van der Waals surface area contributed by atoms with E-state index in [-0.39, 0.29) is 15.6 Å². The number of imide groups is 1. The molecule has 0 spiro atoms. The molecule has 2 N–H and O–H groups in total. The zero-order valence-corrected chi connectivity index (χ0v) is 30.5. The second kappa shape index (κ2) is 15.4. The minimum atomic E-state index is -5.66. The van der Waals surface area contributed by atoms with Gasteiger partial charge in [-0.2, -0.15) is 18.1 Å². The quantitative estimate of drug-likeness (QED) is 0.173. The molecule has 0 aliphatic rings. The Labute approximate surface area is 309 Å². The van der Waals surface area contributed by atoms with Crippen molar-refractivity contribution in [3.05, 3.63) is 88.4 Å². The van der Waals surface area contributed by atoms with Crippen molar-refractivity contribution in [3.63, 3.8) is 0 Å². The number of anilines is 3. The maximum atomic E-state index is 15.9. The highest BCUT2D eigenvalue weighted by atomic mass is 35.5. The third-order valence-corrected chi connectivity index (χ3v) is 7.75. The number of carbonyl (C=O) groups is 4. The summed E-state index contributed by atoms with van der Waals surface area (Å²) in [6, 6.07) is 9.72. The van der Waals surface area contributed by atoms with Crippen LogP contribution < -0.4 is 15.5 Å². The molecule has 4 amide bonds. The van der Waals surface area contributed by atoms with Crippen molar-refractivity contribution >= 4 is 75.9 Å². The van der Waals surface area contributed by atoms with Gasteiger partial charge in [-0.15, -0.1) is 0 Å². The first-order chi connectivity index (χ1) is 23.7. The summed E-state index contributed by atoms with van der Waals surface area (Å²) in [5.74, 6) is -5.50. The second-order valence-corrected chi connectivity index (χ2v) is 15.0. The lowest BCUT2D eigenvalue weighted by molar-refractivity contribution is -0.241. The van der Waals surface area contributed by atoms with E-state index in [1.807, 2.05) is 0 Å². The van der Waals surface area contributed by atoms with Crippen LogP contribution in [0, 0.1) is 11.6 Å². The molecule has 0 bridgehead atoms. The highest BCUT2D eigenvalue weighted by Gasteiger charge is 2.69. The Morgan fingerprint density at radius 1 is 0.769 bits per heavy atom. The number of carbonyl (C=O) groups excluding carboxylic acids is 4. The fraction of sp³-hybridized carbons (Fsp3) is 0.353. The van der Waals surface area contributed by atoms with Crippen LogP contribution in [0.4, 0.5) is 53.0 Å². The molecule has 3 rings (SSSR count). The second-order valence-electron chi connectivity index (χ2n) is 13.2. The molecule has 1 atom stereocenters. The number of alkyl halides is 6. The first kappa shape index (κ1) is 42.2. The van der Waals surface area contributed by atoms with E-state index in [4.69, 9.17) is 44.3 Å². The van der Waals surface area contributed by atoms with Gasteiger partial charge in [-0.05, 0) is 71.9 Å². The normalized spacial score (nSPS) is 13.4. The molecule has 1 unspecified atom stereocenters. The Morgan fingerprint density at radius 2 is 1.31 bits per heavy atom. The van der Waals surface area contributed by atoms with Crippen LogP contribution in [0.2, 0.25) is 5.02 Å². The number of hydrogen-bond donors (Lipinski definition) is 2. The summed E-state index contributed by atoms with van der Waals surface area (Å²) in [5, 5.41) is 3.98. The molecule has 52 heavy (non-hydrogen) atoms. The smallest absolute Gasteiger partial charge is 0.429 e. The van der Waals surface area contributed by atoms with Gasteiger partial charge in [-0.3, -0.25) is 9.59 Å². The number of nitrogens with one attached hydrogen (secondary N) is 2. The molecule has 0 heterocycles. The molecule has 0 aliphatic carbocycles. The van der Waals surface area contributed by atoms with Gasteiger partial charge in [-0.1, -0.05) is 65.1 Å². The van der Waals surface area contributed by atoms with Gasteiger partial charge in [0.05, 0.1) is 22.7 Å². The Morgan fingerprint density at radius 3 is 1.81 bits per heavy atom. The largest absolute Gasteiger partial charge is 0.443 e. The summed E-state index contributed by atoms with van der Waals surface area (Å²) in [7, 11) is 0. The van der Waals surface area contributed by atoms with E-state index in [9.17, 15) is 32.3 Å². The molecule has 0 aliphatic heterocycles. The first-order valence-corrected chi connectivity index (χ1v) is 16.2. The average Bonchev–Trinajstić information content (AvgIpc) is 2.98. The van der Waals surface area contributed by atoms with E-state index in [1.165, 1.54) is 47.6 Å². The van der Waals surface area contributed by atoms with E-state index < -0.39 is 91.9 Å². The summed E-state index contributed by atoms with van der Waals surface area (Å²) in [5.41, 5.74) is -10.5. The zero-order valence-electron chi connectivity index (χ0n) is 28.3. The van der Waals surface area contributed by atoms with E-state index in [0.29, 0.717) is 6.07 Å². The van der Waals surface area contributed by atoms with Gasteiger partial charge in [-0.25, -0.2) is 22.8 Å². The standard InChI is InChI=1S/C34H32Cl3F6N3O6/c1-30(2,3)51-28(49)46(29(50)52-31(4,5)6)26-22(38)14-15-23(25(26)39)45-27(48)20-16-19(12-13-21(20)35)44-24(47)17-32(36,37)33(40,34(41,42)43)18-10-8-7-9-11-18/h7-16H,17H2,1-6H3,(H,44,47)(H,45,48). The number of amides is 4. The summed E-state index contributed by atoms with van der Waals surface area (Å²) in [4.78, 5) is 52.1. The summed E-state index contributed by atoms with van der Waals surface area (Å²) in [6.45, 7) is 8.61. The van der Waals surface area contributed by atoms with Crippen molar-refractivity contribution in [2.75, 3.05) is 15.5 Å². The maximum Gasteiger partial charge on any atom is 0.429 e. The number of ether oxygens (including phenoxy) is 2. The molecular formula is C34H32Cl3F6N3O6. The molecule has 0 aromatic heterocycles. The van der Waals surface area contributed by atoms with Gasteiger partial charge in [0.1, 0.15) is 16.9 Å². The van der Waals surface area contributed by atoms with E-state index in [2.05, 4.69) is 10.6 Å². The average molecular weight is 799 g/mol. The predicted octanol–water partition coefficient (Wildman–Crippen LogP) is 10.5. The van der Waals surface area contributed by atoms with Crippen molar-refractivity contribution in [3.8, 4) is 0 Å². The predicted molar refractivity (Wildman–Crippen MR) is 184 cm³/mol. The maximum absolute atomic E-state index is 15.9. The molecule has 282 valence electrons. The van der Waals surface area contributed by atoms with Crippen molar-refractivity contribution in [1.82, 2.24) is 0 Å². The summed E-state index contributed by atoms with van der Waals surface area (Å²) < 4.78 is 95.8. The van der Waals surface area contributed by atoms with Crippen LogP contribution in [0.5, 0.6) is 0 Å². The first-order valence-electron chi connectivity index (χ1n) is 15.0. The molecule has 9 nitrogen and oxygen atoms in total. The number of benzene rings is 3. The van der Waals surface area contributed by atoms with Gasteiger partial charge >= 0.3 is 18.4 Å². The van der Waals surface area contributed by atoms with Crippen LogP contribution in [0.1, 0.15) is 63.9 Å². The van der Waals surface area contributed by atoms with Gasteiger partial charge in [0.25, 0.3) is 11.6 Å². The fourth-order valence-corrected chi connectivity index (χ4v) is 5.34. The fourth-order valence-electron chi connectivity index (χ4n) is 4.46. The molecule has 0 saturated carbocycles.